The number of fused-ring (bicyclic) bond motifs is 1. The number of aromatic nitrogens is 1. The van der Waals surface area contributed by atoms with Gasteiger partial charge in [0.05, 0.1) is 11.1 Å². The van der Waals surface area contributed by atoms with Gasteiger partial charge < -0.3 is 10.1 Å². The van der Waals surface area contributed by atoms with E-state index in [4.69, 9.17) is 4.74 Å². The van der Waals surface area contributed by atoms with Gasteiger partial charge in [0, 0.05) is 28.8 Å². The van der Waals surface area contributed by atoms with Crippen LogP contribution in [0.15, 0.2) is 54.6 Å². The van der Waals surface area contributed by atoms with Crippen molar-refractivity contribution in [1.82, 2.24) is 4.98 Å². The Balaban J connectivity index is 1.65. The molecule has 0 radical (unpaired) electrons. The third-order valence-electron chi connectivity index (χ3n) is 4.37. The molecular weight excluding hydrogens is 368 g/mol. The molecule has 1 N–H and O–H groups in total. The van der Waals surface area contributed by atoms with Crippen molar-refractivity contribution in [1.29, 1.82) is 0 Å². The predicted octanol–water partition coefficient (Wildman–Crippen LogP) is 4.32. The van der Waals surface area contributed by atoms with E-state index in [0.29, 0.717) is 39.8 Å². The molecule has 1 aromatic heterocycles. The van der Waals surface area contributed by atoms with Crippen LogP contribution >= 0.6 is 0 Å². The lowest BCUT2D eigenvalue weighted by atomic mass is 10.1. The van der Waals surface area contributed by atoms with Gasteiger partial charge in [0.25, 0.3) is 0 Å². The molecule has 29 heavy (non-hydrogen) atoms. The standard InChI is InChI=1S/C23H22N2O4/c1-3-6-22(27)25-17-11-9-16(10-12-17)21(26)14-29-23(28)19-13-15(2)24-20-8-5-4-7-18(19)20/h4-5,7-13H,3,6,14H2,1-2H3,(H,25,27). The zero-order chi connectivity index (χ0) is 20.8. The Labute approximate surface area is 168 Å². The van der Waals surface area contributed by atoms with E-state index in [0.717, 1.165) is 6.42 Å². The molecule has 1 amide bonds. The highest BCUT2D eigenvalue weighted by molar-refractivity contribution is 6.05. The van der Waals surface area contributed by atoms with Crippen LogP contribution in [0.5, 0.6) is 0 Å². The van der Waals surface area contributed by atoms with Gasteiger partial charge in [-0.15, -0.1) is 0 Å². The summed E-state index contributed by atoms with van der Waals surface area (Å²) in [6.07, 6.45) is 1.21. The molecule has 0 unspecified atom stereocenters. The number of nitrogens with one attached hydrogen (secondary N) is 1. The van der Waals surface area contributed by atoms with Crippen molar-refractivity contribution >= 4 is 34.3 Å². The Morgan fingerprint density at radius 3 is 2.48 bits per heavy atom. The molecule has 0 saturated carbocycles. The Morgan fingerprint density at radius 2 is 1.76 bits per heavy atom. The molecule has 0 bridgehead atoms. The topological polar surface area (TPSA) is 85.4 Å². The first-order chi connectivity index (χ1) is 14.0. The van der Waals surface area contributed by atoms with Crippen molar-refractivity contribution in [3.8, 4) is 0 Å². The van der Waals surface area contributed by atoms with Crippen LogP contribution in [0.4, 0.5) is 5.69 Å². The van der Waals surface area contributed by atoms with E-state index in [9.17, 15) is 14.4 Å². The number of hydrogen-bond donors (Lipinski definition) is 1. The third kappa shape index (κ3) is 5.04. The van der Waals surface area contributed by atoms with Crippen molar-refractivity contribution in [2.45, 2.75) is 26.7 Å². The van der Waals surface area contributed by atoms with E-state index >= 15 is 0 Å². The molecule has 0 saturated heterocycles. The molecule has 0 atom stereocenters. The molecule has 3 aromatic rings. The lowest BCUT2D eigenvalue weighted by Crippen LogP contribution is -2.15. The van der Waals surface area contributed by atoms with E-state index in [1.54, 1.807) is 43.3 Å². The number of benzene rings is 2. The first-order valence-corrected chi connectivity index (χ1v) is 9.44. The minimum Gasteiger partial charge on any atom is -0.454 e. The van der Waals surface area contributed by atoms with Crippen LogP contribution in [-0.2, 0) is 9.53 Å². The summed E-state index contributed by atoms with van der Waals surface area (Å²) in [5.74, 6) is -0.955. The first kappa shape index (κ1) is 20.2. The number of ether oxygens (including phenoxy) is 1. The highest BCUT2D eigenvalue weighted by atomic mass is 16.5. The number of ketones is 1. The molecule has 6 nitrogen and oxygen atoms in total. The summed E-state index contributed by atoms with van der Waals surface area (Å²) in [6.45, 7) is 3.37. The second kappa shape index (κ2) is 9.10. The molecule has 0 spiro atoms. The minimum atomic E-state index is -0.566. The molecule has 3 rings (SSSR count). The number of nitrogens with zero attached hydrogens (tertiary/aromatic N) is 1. The molecule has 0 aliphatic carbocycles. The maximum Gasteiger partial charge on any atom is 0.339 e. The Hall–Kier alpha value is -3.54. The highest BCUT2D eigenvalue weighted by Crippen LogP contribution is 2.19. The average Bonchev–Trinajstić information content (AvgIpc) is 2.71. The fraction of sp³-hybridized carbons (Fsp3) is 0.217. The molecule has 2 aromatic carbocycles. The Bertz CT molecular complexity index is 1060. The second-order valence-electron chi connectivity index (χ2n) is 6.70. The lowest BCUT2D eigenvalue weighted by Gasteiger charge is -2.09. The predicted molar refractivity (Wildman–Crippen MR) is 111 cm³/mol. The monoisotopic (exact) mass is 390 g/mol. The quantitative estimate of drug-likeness (QED) is 0.480. The minimum absolute atomic E-state index is 0.0691. The van der Waals surface area contributed by atoms with Crippen LogP contribution < -0.4 is 5.32 Å². The summed E-state index contributed by atoms with van der Waals surface area (Å²) in [5.41, 5.74) is 2.81. The van der Waals surface area contributed by atoms with Gasteiger partial charge in [-0.25, -0.2) is 4.79 Å². The van der Waals surface area contributed by atoms with Gasteiger partial charge >= 0.3 is 5.97 Å². The van der Waals surface area contributed by atoms with Crippen LogP contribution in [0.2, 0.25) is 0 Å². The van der Waals surface area contributed by atoms with Gasteiger partial charge in [-0.1, -0.05) is 25.1 Å². The number of pyridine rings is 1. The van der Waals surface area contributed by atoms with E-state index in [1.807, 2.05) is 25.1 Å². The molecular formula is C23H22N2O4. The number of aryl methyl sites for hydroxylation is 1. The average molecular weight is 390 g/mol. The summed E-state index contributed by atoms with van der Waals surface area (Å²) in [7, 11) is 0. The van der Waals surface area contributed by atoms with Crippen LogP contribution in [0.1, 0.15) is 46.2 Å². The SMILES string of the molecule is CCCC(=O)Nc1ccc(C(=O)COC(=O)c2cc(C)nc3ccccc23)cc1. The van der Waals surface area contributed by atoms with Gasteiger partial charge in [-0.2, -0.15) is 0 Å². The number of hydrogen-bond acceptors (Lipinski definition) is 5. The smallest absolute Gasteiger partial charge is 0.339 e. The number of para-hydroxylation sites is 1. The maximum absolute atomic E-state index is 12.5. The zero-order valence-electron chi connectivity index (χ0n) is 16.4. The number of carbonyl (C=O) groups excluding carboxylic acids is 3. The zero-order valence-corrected chi connectivity index (χ0v) is 16.4. The lowest BCUT2D eigenvalue weighted by molar-refractivity contribution is -0.116. The van der Waals surface area contributed by atoms with Gasteiger partial charge in [0.15, 0.2) is 12.4 Å². The summed E-state index contributed by atoms with van der Waals surface area (Å²) in [6, 6.07) is 15.5. The van der Waals surface area contributed by atoms with Crippen LogP contribution in [0, 0.1) is 6.92 Å². The van der Waals surface area contributed by atoms with Crippen LogP contribution in [0.25, 0.3) is 10.9 Å². The van der Waals surface area contributed by atoms with Gasteiger partial charge in [0.2, 0.25) is 5.91 Å². The fourth-order valence-electron chi connectivity index (χ4n) is 2.96. The number of amides is 1. The van der Waals surface area contributed by atoms with E-state index < -0.39 is 5.97 Å². The van der Waals surface area contributed by atoms with Crippen molar-refractivity contribution in [2.24, 2.45) is 0 Å². The highest BCUT2D eigenvalue weighted by Gasteiger charge is 2.16. The summed E-state index contributed by atoms with van der Waals surface area (Å²) >= 11 is 0. The van der Waals surface area contributed by atoms with Gasteiger partial charge in [-0.05, 0) is 49.7 Å². The summed E-state index contributed by atoms with van der Waals surface area (Å²) < 4.78 is 5.25. The molecule has 148 valence electrons. The first-order valence-electron chi connectivity index (χ1n) is 9.44. The number of esters is 1. The summed E-state index contributed by atoms with van der Waals surface area (Å²) in [4.78, 5) is 40.9. The van der Waals surface area contributed by atoms with E-state index in [-0.39, 0.29) is 18.3 Å². The fourth-order valence-corrected chi connectivity index (χ4v) is 2.96. The van der Waals surface area contributed by atoms with Crippen molar-refractivity contribution in [2.75, 3.05) is 11.9 Å². The van der Waals surface area contributed by atoms with Crippen molar-refractivity contribution < 1.29 is 19.1 Å². The normalized spacial score (nSPS) is 10.6. The van der Waals surface area contributed by atoms with Gasteiger partial charge in [0.1, 0.15) is 0 Å². The number of rotatable bonds is 7. The van der Waals surface area contributed by atoms with E-state index in [1.165, 1.54) is 0 Å². The Morgan fingerprint density at radius 1 is 1.03 bits per heavy atom. The second-order valence-corrected chi connectivity index (χ2v) is 6.70. The van der Waals surface area contributed by atoms with Crippen LogP contribution in [0.3, 0.4) is 0 Å². The van der Waals surface area contributed by atoms with Crippen molar-refractivity contribution in [3.63, 3.8) is 0 Å². The number of anilines is 1. The molecule has 1 heterocycles. The Kier molecular flexibility index (Phi) is 6.34. The summed E-state index contributed by atoms with van der Waals surface area (Å²) in [5, 5.41) is 3.44. The maximum atomic E-state index is 12.5. The molecule has 0 fully saturated rings. The number of carbonyl (C=O) groups is 3. The largest absolute Gasteiger partial charge is 0.454 e. The molecule has 0 aliphatic heterocycles. The van der Waals surface area contributed by atoms with Crippen LogP contribution in [-0.4, -0.2) is 29.3 Å². The van der Waals surface area contributed by atoms with E-state index in [2.05, 4.69) is 10.3 Å². The third-order valence-corrected chi connectivity index (χ3v) is 4.37. The van der Waals surface area contributed by atoms with Gasteiger partial charge in [-0.3, -0.25) is 14.6 Å². The van der Waals surface area contributed by atoms with Crippen molar-refractivity contribution in [3.05, 3.63) is 71.4 Å². The molecule has 0 aliphatic rings. The molecule has 6 heteroatoms. The number of Topliss-reactive ketones (excluding diaryl/α,β-unsaturated/α-hetero) is 1.